The summed E-state index contributed by atoms with van der Waals surface area (Å²) in [5.41, 5.74) is 0. The summed E-state index contributed by atoms with van der Waals surface area (Å²) in [5.74, 6) is 0. The van der Waals surface area contributed by atoms with E-state index in [0.717, 1.165) is 31.8 Å². The molecule has 0 aromatic heterocycles. The maximum absolute atomic E-state index is 5.83. The van der Waals surface area contributed by atoms with Crippen molar-refractivity contribution in [3.63, 3.8) is 0 Å². The monoisotopic (exact) mass is 297 g/mol. The van der Waals surface area contributed by atoms with Gasteiger partial charge >= 0.3 is 0 Å². The van der Waals surface area contributed by atoms with Crippen molar-refractivity contribution in [3.05, 3.63) is 0 Å². The molecule has 0 heterocycles. The van der Waals surface area contributed by atoms with Gasteiger partial charge in [0.05, 0.1) is 6.54 Å². The number of ether oxygens (including phenoxy) is 2. The highest BCUT2D eigenvalue weighted by molar-refractivity contribution is 4.84. The number of hydrogen-bond acceptors (Lipinski definition) is 3. The molecule has 0 spiro atoms. The molecule has 2 aliphatic carbocycles. The zero-order valence-electron chi connectivity index (χ0n) is 14.2. The fraction of sp³-hybridized carbons (Fsp3) is 1.00. The SMILES string of the molecule is CCOC(CN(C1CCCCC1)C1CCCCC1)OCC. The molecule has 0 unspecified atom stereocenters. The van der Waals surface area contributed by atoms with Gasteiger partial charge < -0.3 is 9.47 Å². The molecule has 2 fully saturated rings. The minimum Gasteiger partial charge on any atom is -0.352 e. The van der Waals surface area contributed by atoms with E-state index in [1.54, 1.807) is 0 Å². The summed E-state index contributed by atoms with van der Waals surface area (Å²) >= 11 is 0. The molecule has 0 N–H and O–H groups in total. The minimum absolute atomic E-state index is 0.0381. The molecule has 0 saturated heterocycles. The Morgan fingerprint density at radius 2 is 1.19 bits per heavy atom. The summed E-state index contributed by atoms with van der Waals surface area (Å²) in [6.07, 6.45) is 13.9. The molecule has 0 aliphatic heterocycles. The van der Waals surface area contributed by atoms with Gasteiger partial charge in [-0.25, -0.2) is 0 Å². The van der Waals surface area contributed by atoms with E-state index in [4.69, 9.17) is 9.47 Å². The quantitative estimate of drug-likeness (QED) is 0.622. The fourth-order valence-electron chi connectivity index (χ4n) is 4.12. The molecule has 0 aromatic rings. The maximum Gasteiger partial charge on any atom is 0.170 e. The fourth-order valence-corrected chi connectivity index (χ4v) is 4.12. The summed E-state index contributed by atoms with van der Waals surface area (Å²) in [5, 5.41) is 0. The summed E-state index contributed by atoms with van der Waals surface area (Å²) < 4.78 is 11.7. The van der Waals surface area contributed by atoms with E-state index in [1.807, 2.05) is 0 Å². The van der Waals surface area contributed by atoms with Gasteiger partial charge in [0.1, 0.15) is 0 Å². The van der Waals surface area contributed by atoms with Crippen molar-refractivity contribution in [3.8, 4) is 0 Å². The molecular weight excluding hydrogens is 262 g/mol. The maximum atomic E-state index is 5.83. The van der Waals surface area contributed by atoms with Crippen molar-refractivity contribution >= 4 is 0 Å². The third-order valence-electron chi connectivity index (χ3n) is 5.15. The van der Waals surface area contributed by atoms with Crippen LogP contribution in [0.2, 0.25) is 0 Å². The number of nitrogens with zero attached hydrogens (tertiary/aromatic N) is 1. The highest BCUT2D eigenvalue weighted by Crippen LogP contribution is 2.30. The average molecular weight is 297 g/mol. The van der Waals surface area contributed by atoms with Gasteiger partial charge in [-0.2, -0.15) is 0 Å². The molecule has 3 heteroatoms. The van der Waals surface area contributed by atoms with Crippen LogP contribution in [0.5, 0.6) is 0 Å². The van der Waals surface area contributed by atoms with Gasteiger partial charge in [-0.05, 0) is 39.5 Å². The van der Waals surface area contributed by atoms with E-state index in [9.17, 15) is 0 Å². The second-order valence-corrected chi connectivity index (χ2v) is 6.62. The van der Waals surface area contributed by atoms with Crippen LogP contribution in [-0.2, 0) is 9.47 Å². The lowest BCUT2D eigenvalue weighted by Gasteiger charge is -2.43. The van der Waals surface area contributed by atoms with Crippen LogP contribution in [0.4, 0.5) is 0 Å². The molecule has 0 radical (unpaired) electrons. The van der Waals surface area contributed by atoms with E-state index in [1.165, 1.54) is 64.2 Å². The minimum atomic E-state index is -0.0381. The Labute approximate surface area is 131 Å². The van der Waals surface area contributed by atoms with Crippen molar-refractivity contribution in [2.24, 2.45) is 0 Å². The molecular formula is C18H35NO2. The van der Waals surface area contributed by atoms with Crippen LogP contribution >= 0.6 is 0 Å². The zero-order valence-corrected chi connectivity index (χ0v) is 14.2. The second-order valence-electron chi connectivity index (χ2n) is 6.62. The lowest BCUT2D eigenvalue weighted by Crippen LogP contribution is -2.49. The molecule has 0 amide bonds. The van der Waals surface area contributed by atoms with Crippen LogP contribution in [0, 0.1) is 0 Å². The third-order valence-corrected chi connectivity index (χ3v) is 5.15. The number of hydrogen-bond donors (Lipinski definition) is 0. The largest absolute Gasteiger partial charge is 0.352 e. The highest BCUT2D eigenvalue weighted by Gasteiger charge is 2.30. The number of rotatable bonds is 8. The predicted molar refractivity (Wildman–Crippen MR) is 87.5 cm³/mol. The van der Waals surface area contributed by atoms with Gasteiger partial charge in [0, 0.05) is 25.3 Å². The van der Waals surface area contributed by atoms with Crippen LogP contribution in [-0.4, -0.2) is 43.0 Å². The zero-order chi connectivity index (χ0) is 14.9. The van der Waals surface area contributed by atoms with Crippen molar-refractivity contribution in [1.29, 1.82) is 0 Å². The molecule has 2 saturated carbocycles. The van der Waals surface area contributed by atoms with Crippen LogP contribution in [0.25, 0.3) is 0 Å². The Bertz CT molecular complexity index is 236. The summed E-state index contributed by atoms with van der Waals surface area (Å²) in [4.78, 5) is 2.77. The van der Waals surface area contributed by atoms with E-state index in [0.29, 0.717) is 0 Å². The van der Waals surface area contributed by atoms with Crippen LogP contribution in [0.1, 0.15) is 78.1 Å². The van der Waals surface area contributed by atoms with E-state index in [2.05, 4.69) is 18.7 Å². The van der Waals surface area contributed by atoms with Crippen LogP contribution in [0.3, 0.4) is 0 Å². The molecule has 21 heavy (non-hydrogen) atoms. The molecule has 0 atom stereocenters. The Morgan fingerprint density at radius 1 is 0.762 bits per heavy atom. The molecule has 0 bridgehead atoms. The third kappa shape index (κ3) is 5.54. The topological polar surface area (TPSA) is 21.7 Å². The molecule has 2 aliphatic rings. The van der Waals surface area contributed by atoms with Crippen molar-refractivity contribution in [1.82, 2.24) is 4.90 Å². The normalized spacial score (nSPS) is 22.3. The average Bonchev–Trinajstić information content (AvgIpc) is 2.54. The van der Waals surface area contributed by atoms with Gasteiger partial charge in [0.15, 0.2) is 6.29 Å². The Morgan fingerprint density at radius 3 is 1.57 bits per heavy atom. The summed E-state index contributed by atoms with van der Waals surface area (Å²) in [7, 11) is 0. The smallest absolute Gasteiger partial charge is 0.170 e. The van der Waals surface area contributed by atoms with Crippen LogP contribution in [0.15, 0.2) is 0 Å². The predicted octanol–water partition coefficient (Wildman–Crippen LogP) is 4.35. The molecule has 0 aromatic carbocycles. The lowest BCUT2D eigenvalue weighted by atomic mass is 9.88. The first kappa shape index (κ1) is 17.2. The Kier molecular flexibility index (Phi) is 8.05. The summed E-state index contributed by atoms with van der Waals surface area (Å²) in [6, 6.07) is 1.54. The highest BCUT2D eigenvalue weighted by atomic mass is 16.7. The van der Waals surface area contributed by atoms with Crippen molar-refractivity contribution < 1.29 is 9.47 Å². The van der Waals surface area contributed by atoms with Gasteiger partial charge in [0.25, 0.3) is 0 Å². The van der Waals surface area contributed by atoms with E-state index in [-0.39, 0.29) is 6.29 Å². The van der Waals surface area contributed by atoms with Crippen LogP contribution < -0.4 is 0 Å². The summed E-state index contributed by atoms with van der Waals surface area (Å²) in [6.45, 7) is 6.59. The van der Waals surface area contributed by atoms with Gasteiger partial charge in [-0.3, -0.25) is 4.90 Å². The first-order valence-electron chi connectivity index (χ1n) is 9.34. The first-order valence-corrected chi connectivity index (χ1v) is 9.34. The molecule has 124 valence electrons. The lowest BCUT2D eigenvalue weighted by molar-refractivity contribution is -0.157. The van der Waals surface area contributed by atoms with E-state index < -0.39 is 0 Å². The first-order chi connectivity index (χ1) is 10.3. The van der Waals surface area contributed by atoms with E-state index >= 15 is 0 Å². The molecule has 3 nitrogen and oxygen atoms in total. The van der Waals surface area contributed by atoms with Crippen molar-refractivity contribution in [2.45, 2.75) is 96.4 Å². The Hall–Kier alpha value is -0.120. The van der Waals surface area contributed by atoms with Gasteiger partial charge in [-0.15, -0.1) is 0 Å². The standard InChI is InChI=1S/C18H35NO2/c1-3-20-18(21-4-2)15-19(16-11-7-5-8-12-16)17-13-9-6-10-14-17/h16-18H,3-15H2,1-2H3. The Balaban J connectivity index is 1.98. The second kappa shape index (κ2) is 9.81. The molecule has 2 rings (SSSR count). The van der Waals surface area contributed by atoms with Crippen molar-refractivity contribution in [2.75, 3.05) is 19.8 Å². The van der Waals surface area contributed by atoms with Gasteiger partial charge in [-0.1, -0.05) is 38.5 Å². The van der Waals surface area contributed by atoms with Gasteiger partial charge in [0.2, 0.25) is 0 Å².